The van der Waals surface area contributed by atoms with Crippen LogP contribution >= 0.6 is 0 Å². The van der Waals surface area contributed by atoms with Crippen LogP contribution in [0.4, 0.5) is 0 Å². The second-order valence-electron chi connectivity index (χ2n) is 2.54. The van der Waals surface area contributed by atoms with Crippen molar-refractivity contribution < 1.29 is 14.6 Å². The minimum absolute atomic E-state index is 0.0830. The van der Waals surface area contributed by atoms with E-state index in [1.165, 1.54) is 0 Å². The van der Waals surface area contributed by atoms with Crippen LogP contribution < -0.4 is 0 Å². The summed E-state index contributed by atoms with van der Waals surface area (Å²) in [5.74, 6) is 0.183. The molecule has 1 aliphatic rings. The van der Waals surface area contributed by atoms with Gasteiger partial charge in [0.15, 0.2) is 5.78 Å². The maximum Gasteiger partial charge on any atom is 0.161 e. The summed E-state index contributed by atoms with van der Waals surface area (Å²) in [6.45, 7) is 0.462. The molecule has 0 amide bonds. The van der Waals surface area contributed by atoms with Gasteiger partial charge in [-0.1, -0.05) is 0 Å². The van der Waals surface area contributed by atoms with Gasteiger partial charge in [-0.05, 0) is 12.8 Å². The van der Waals surface area contributed by atoms with E-state index in [0.717, 1.165) is 12.8 Å². The van der Waals surface area contributed by atoms with Crippen LogP contribution in [-0.2, 0) is 9.53 Å². The summed E-state index contributed by atoms with van der Waals surface area (Å²) >= 11 is 0. The summed E-state index contributed by atoms with van der Waals surface area (Å²) in [4.78, 5) is 10.6. The molecule has 3 heteroatoms. The summed E-state index contributed by atoms with van der Waals surface area (Å²) < 4.78 is 5.11. The molecule has 0 aromatic heterocycles. The number of aliphatic hydroxyl groups is 1. The van der Waals surface area contributed by atoms with Crippen molar-refractivity contribution in [3.63, 3.8) is 0 Å². The highest BCUT2D eigenvalue weighted by Gasteiger charge is 2.21. The molecular formula is C7H12O3. The summed E-state index contributed by atoms with van der Waals surface area (Å²) in [7, 11) is 0. The largest absolute Gasteiger partial charge is 0.396 e. The van der Waals surface area contributed by atoms with Gasteiger partial charge in [-0.15, -0.1) is 0 Å². The number of rotatable bonds is 3. The fourth-order valence-corrected chi connectivity index (χ4v) is 1.09. The summed E-state index contributed by atoms with van der Waals surface area (Å²) in [5.41, 5.74) is 0. The molecule has 0 aromatic carbocycles. The van der Waals surface area contributed by atoms with Crippen LogP contribution in [-0.4, -0.2) is 30.2 Å². The van der Waals surface area contributed by atoms with Crippen LogP contribution in [0.2, 0.25) is 0 Å². The van der Waals surface area contributed by atoms with Crippen molar-refractivity contribution in [3.05, 3.63) is 0 Å². The molecule has 1 rings (SSSR count). The maximum absolute atomic E-state index is 10.6. The summed E-state index contributed by atoms with van der Waals surface area (Å²) in [6, 6.07) is 0. The predicted octanol–water partition coefficient (Wildman–Crippen LogP) is 0.117. The SMILES string of the molecule is O=C1COC(CCCO)C1. The van der Waals surface area contributed by atoms with Crippen molar-refractivity contribution in [1.82, 2.24) is 0 Å². The highest BCUT2D eigenvalue weighted by Crippen LogP contribution is 2.13. The molecule has 3 nitrogen and oxygen atoms in total. The first-order chi connectivity index (χ1) is 4.83. The Hall–Kier alpha value is -0.410. The van der Waals surface area contributed by atoms with Gasteiger partial charge in [0.2, 0.25) is 0 Å². The average Bonchev–Trinajstić information content (AvgIpc) is 2.31. The van der Waals surface area contributed by atoms with Gasteiger partial charge in [0, 0.05) is 13.0 Å². The zero-order valence-electron chi connectivity index (χ0n) is 5.88. The number of hydrogen-bond acceptors (Lipinski definition) is 3. The zero-order chi connectivity index (χ0) is 7.40. The van der Waals surface area contributed by atoms with Crippen molar-refractivity contribution in [2.24, 2.45) is 0 Å². The molecule has 1 aliphatic heterocycles. The van der Waals surface area contributed by atoms with E-state index in [2.05, 4.69) is 0 Å². The lowest BCUT2D eigenvalue weighted by molar-refractivity contribution is -0.117. The van der Waals surface area contributed by atoms with E-state index in [9.17, 15) is 4.79 Å². The van der Waals surface area contributed by atoms with E-state index in [0.29, 0.717) is 6.42 Å². The quantitative estimate of drug-likeness (QED) is 0.611. The normalized spacial score (nSPS) is 25.7. The van der Waals surface area contributed by atoms with Crippen molar-refractivity contribution in [2.45, 2.75) is 25.4 Å². The van der Waals surface area contributed by atoms with Crippen LogP contribution in [0.3, 0.4) is 0 Å². The van der Waals surface area contributed by atoms with Gasteiger partial charge in [-0.2, -0.15) is 0 Å². The summed E-state index contributed by atoms with van der Waals surface area (Å²) in [6.07, 6.45) is 2.17. The molecule has 1 unspecified atom stereocenters. The number of ether oxygens (including phenoxy) is 1. The lowest BCUT2D eigenvalue weighted by Crippen LogP contribution is -2.05. The number of ketones is 1. The molecule has 1 atom stereocenters. The predicted molar refractivity (Wildman–Crippen MR) is 35.7 cm³/mol. The number of carbonyl (C=O) groups excluding carboxylic acids is 1. The lowest BCUT2D eigenvalue weighted by Gasteiger charge is -2.04. The molecule has 0 bridgehead atoms. The van der Waals surface area contributed by atoms with Crippen LogP contribution in [0.15, 0.2) is 0 Å². The molecule has 1 fully saturated rings. The van der Waals surface area contributed by atoms with E-state index < -0.39 is 0 Å². The van der Waals surface area contributed by atoms with E-state index in [-0.39, 0.29) is 25.1 Å². The second kappa shape index (κ2) is 3.68. The average molecular weight is 144 g/mol. The van der Waals surface area contributed by atoms with Gasteiger partial charge in [-0.25, -0.2) is 0 Å². The number of Topliss-reactive ketones (excluding diaryl/α,β-unsaturated/α-hetero) is 1. The van der Waals surface area contributed by atoms with Gasteiger partial charge >= 0.3 is 0 Å². The monoisotopic (exact) mass is 144 g/mol. The molecule has 0 spiro atoms. The molecule has 58 valence electrons. The van der Waals surface area contributed by atoms with Gasteiger partial charge in [0.25, 0.3) is 0 Å². The molecule has 1 heterocycles. The van der Waals surface area contributed by atoms with Gasteiger partial charge in [0.1, 0.15) is 6.61 Å². The Bertz CT molecular complexity index is 122. The van der Waals surface area contributed by atoms with Crippen LogP contribution in [0.1, 0.15) is 19.3 Å². The van der Waals surface area contributed by atoms with Crippen molar-refractivity contribution in [1.29, 1.82) is 0 Å². The van der Waals surface area contributed by atoms with E-state index in [4.69, 9.17) is 9.84 Å². The second-order valence-corrected chi connectivity index (χ2v) is 2.54. The fourth-order valence-electron chi connectivity index (χ4n) is 1.09. The number of aliphatic hydroxyl groups excluding tert-OH is 1. The lowest BCUT2D eigenvalue weighted by atomic mass is 10.1. The standard InChI is InChI=1S/C7H12O3/c8-3-1-2-7-4-6(9)5-10-7/h7-8H,1-5H2. The molecule has 1 N–H and O–H groups in total. The fraction of sp³-hybridized carbons (Fsp3) is 0.857. The molecule has 0 radical (unpaired) electrons. The van der Waals surface area contributed by atoms with E-state index in [1.807, 2.05) is 0 Å². The van der Waals surface area contributed by atoms with Crippen molar-refractivity contribution in [2.75, 3.05) is 13.2 Å². The van der Waals surface area contributed by atoms with Gasteiger partial charge in [0.05, 0.1) is 6.10 Å². The highest BCUT2D eigenvalue weighted by atomic mass is 16.5. The molecule has 10 heavy (non-hydrogen) atoms. The molecule has 0 aromatic rings. The Morgan fingerprint density at radius 3 is 3.00 bits per heavy atom. The minimum atomic E-state index is 0.0830. The van der Waals surface area contributed by atoms with E-state index >= 15 is 0 Å². The van der Waals surface area contributed by atoms with Crippen LogP contribution in [0.5, 0.6) is 0 Å². The number of carbonyl (C=O) groups is 1. The minimum Gasteiger partial charge on any atom is -0.396 e. The molecular weight excluding hydrogens is 132 g/mol. The highest BCUT2D eigenvalue weighted by molar-refractivity contribution is 5.81. The van der Waals surface area contributed by atoms with Crippen molar-refractivity contribution >= 4 is 5.78 Å². The first-order valence-corrected chi connectivity index (χ1v) is 3.57. The Morgan fingerprint density at radius 2 is 2.50 bits per heavy atom. The van der Waals surface area contributed by atoms with Crippen LogP contribution in [0.25, 0.3) is 0 Å². The molecule has 0 aliphatic carbocycles. The number of hydrogen-bond donors (Lipinski definition) is 1. The van der Waals surface area contributed by atoms with Crippen LogP contribution in [0, 0.1) is 0 Å². The third-order valence-corrected chi connectivity index (χ3v) is 1.62. The maximum atomic E-state index is 10.6. The Balaban J connectivity index is 2.12. The Morgan fingerprint density at radius 1 is 1.70 bits per heavy atom. The summed E-state index contributed by atoms with van der Waals surface area (Å²) in [5, 5.41) is 8.45. The molecule has 1 saturated heterocycles. The third kappa shape index (κ3) is 2.08. The van der Waals surface area contributed by atoms with Crippen molar-refractivity contribution in [3.8, 4) is 0 Å². The van der Waals surface area contributed by atoms with Gasteiger partial charge in [-0.3, -0.25) is 4.79 Å². The Labute approximate surface area is 60.0 Å². The third-order valence-electron chi connectivity index (χ3n) is 1.62. The van der Waals surface area contributed by atoms with Gasteiger partial charge < -0.3 is 9.84 Å². The molecule has 0 saturated carbocycles. The Kier molecular flexibility index (Phi) is 2.83. The first-order valence-electron chi connectivity index (χ1n) is 3.57. The topological polar surface area (TPSA) is 46.5 Å². The first kappa shape index (κ1) is 7.69. The zero-order valence-corrected chi connectivity index (χ0v) is 5.88. The van der Waals surface area contributed by atoms with E-state index in [1.54, 1.807) is 0 Å². The smallest absolute Gasteiger partial charge is 0.161 e.